The maximum absolute atomic E-state index is 14.0. The van der Waals surface area contributed by atoms with Gasteiger partial charge in [0, 0.05) is 48.6 Å². The summed E-state index contributed by atoms with van der Waals surface area (Å²) in [4.78, 5) is 72.0. The van der Waals surface area contributed by atoms with Gasteiger partial charge in [0.2, 0.25) is 17.7 Å². The average molecular weight is 732 g/mol. The summed E-state index contributed by atoms with van der Waals surface area (Å²) in [6, 6.07) is 9.78. The number of aromatic nitrogens is 4. The van der Waals surface area contributed by atoms with E-state index in [9.17, 15) is 19.2 Å². The van der Waals surface area contributed by atoms with Gasteiger partial charge in [-0.15, -0.1) is 0 Å². The third-order valence-electron chi connectivity index (χ3n) is 8.99. The number of nitrogens with one attached hydrogen (secondary N) is 3. The predicted molar refractivity (Wildman–Crippen MR) is 197 cm³/mol. The lowest BCUT2D eigenvalue weighted by Gasteiger charge is -2.27. The molecule has 0 aliphatic carbocycles. The van der Waals surface area contributed by atoms with Crippen LogP contribution in [0.25, 0.3) is 10.9 Å². The van der Waals surface area contributed by atoms with Crippen LogP contribution in [0, 0.1) is 12.8 Å². The largest absolute Gasteiger partial charge is 0.493 e. The smallest absolute Gasteiger partial charge is 0.290 e. The number of amides is 3. The molecule has 2 aromatic carbocycles. The van der Waals surface area contributed by atoms with Crippen LogP contribution in [0.3, 0.4) is 0 Å². The number of para-hydroxylation sites is 1. The van der Waals surface area contributed by atoms with Gasteiger partial charge in [-0.2, -0.15) is 5.10 Å². The van der Waals surface area contributed by atoms with Gasteiger partial charge in [-0.25, -0.2) is 9.67 Å². The fourth-order valence-electron chi connectivity index (χ4n) is 6.54. The van der Waals surface area contributed by atoms with E-state index >= 15 is 0 Å². The molecule has 15 nitrogen and oxygen atoms in total. The number of ketones is 1. The van der Waals surface area contributed by atoms with E-state index < -0.39 is 12.1 Å². The first-order valence-corrected chi connectivity index (χ1v) is 17.6. The van der Waals surface area contributed by atoms with Crippen LogP contribution < -0.4 is 20.1 Å². The number of carbonyl (C=O) groups excluding carboxylic acids is 4. The molecule has 2 aromatic heterocycles. The molecule has 4 aromatic rings. The monoisotopic (exact) mass is 731 g/mol. The highest BCUT2D eigenvalue weighted by molar-refractivity contribution is 5.98. The van der Waals surface area contributed by atoms with E-state index in [1.165, 1.54) is 21.1 Å². The zero-order chi connectivity index (χ0) is 38.7. The van der Waals surface area contributed by atoms with E-state index in [4.69, 9.17) is 24.4 Å². The van der Waals surface area contributed by atoms with E-state index in [2.05, 4.69) is 34.6 Å². The molecule has 0 radical (unpaired) electrons. The zero-order valence-electron chi connectivity index (χ0n) is 31.1. The van der Waals surface area contributed by atoms with Crippen LogP contribution in [0.5, 0.6) is 11.5 Å². The standard InChI is InChI=1S/C37H47N7O6.CH2O2/c1-22(2)16-30-36-39-24(4)42-44(36)15-14-43(35(47)19-25-18-32(49-5)33(50-6)20-28(25)23(3)45)13-9-12-34(46)40-31(37(48)41-30)17-26-21-38-29-11-8-7-10-27(26)29;2-1-3/h7-8,10-11,18,20-22,30-31,38H,9,12-17,19H2,1-6H3,(H,40,46)(H,41,48);1H,(H,2,3)/t30-,31+;/m0./s1. The molecule has 0 saturated carbocycles. The third kappa shape index (κ3) is 10.4. The number of fused-ring (bicyclic) bond motifs is 2. The molecule has 0 spiro atoms. The van der Waals surface area contributed by atoms with Crippen molar-refractivity contribution in [1.82, 2.24) is 35.3 Å². The minimum absolute atomic E-state index is 0.0521. The minimum Gasteiger partial charge on any atom is -0.493 e. The molecule has 3 amide bonds. The molecule has 1 aliphatic rings. The Morgan fingerprint density at radius 2 is 1.72 bits per heavy atom. The Labute approximate surface area is 308 Å². The fourth-order valence-corrected chi connectivity index (χ4v) is 6.54. The molecule has 15 heteroatoms. The van der Waals surface area contributed by atoms with E-state index in [1.54, 1.807) is 28.6 Å². The van der Waals surface area contributed by atoms with Gasteiger partial charge in [0.05, 0.1) is 33.2 Å². The molecular formula is C38H49N7O8. The van der Waals surface area contributed by atoms with Crippen LogP contribution in [-0.4, -0.2) is 93.1 Å². The Kier molecular flexibility index (Phi) is 14.1. The number of hydrogen-bond acceptors (Lipinski definition) is 9. The van der Waals surface area contributed by atoms with Crippen molar-refractivity contribution in [2.45, 2.75) is 78.4 Å². The molecular weight excluding hydrogens is 682 g/mol. The summed E-state index contributed by atoms with van der Waals surface area (Å²) in [5, 5.41) is 18.7. The van der Waals surface area contributed by atoms with E-state index in [1.807, 2.05) is 30.5 Å². The molecule has 4 N–H and O–H groups in total. The number of benzene rings is 2. The Balaban J connectivity index is 0.00000202. The average Bonchev–Trinajstić information content (AvgIpc) is 3.70. The van der Waals surface area contributed by atoms with E-state index in [0.717, 1.165) is 16.5 Å². The third-order valence-corrected chi connectivity index (χ3v) is 8.99. The molecule has 0 fully saturated rings. The number of nitrogens with zero attached hydrogens (tertiary/aromatic N) is 4. The van der Waals surface area contributed by atoms with Gasteiger partial charge in [-0.3, -0.25) is 24.0 Å². The number of aryl methyl sites for hydroxylation is 1. The molecule has 53 heavy (non-hydrogen) atoms. The minimum atomic E-state index is -0.843. The number of ether oxygens (including phenoxy) is 2. The quantitative estimate of drug-likeness (QED) is 0.145. The van der Waals surface area contributed by atoms with Gasteiger partial charge >= 0.3 is 0 Å². The topological polar surface area (TPSA) is 198 Å². The van der Waals surface area contributed by atoms with E-state index in [-0.39, 0.29) is 68.2 Å². The Morgan fingerprint density at radius 3 is 2.40 bits per heavy atom. The molecule has 2 atom stereocenters. The highest BCUT2D eigenvalue weighted by Gasteiger charge is 2.30. The fraction of sp³-hybridized carbons (Fsp3) is 0.447. The van der Waals surface area contributed by atoms with Crippen molar-refractivity contribution in [2.24, 2.45) is 5.92 Å². The van der Waals surface area contributed by atoms with Gasteiger partial charge in [-0.05, 0) is 61.9 Å². The lowest BCUT2D eigenvalue weighted by Crippen LogP contribution is -2.49. The summed E-state index contributed by atoms with van der Waals surface area (Å²) in [6.45, 7) is 8.02. The first kappa shape index (κ1) is 40.0. The number of hydrogen-bond donors (Lipinski definition) is 4. The highest BCUT2D eigenvalue weighted by atomic mass is 16.5. The molecule has 0 bridgehead atoms. The number of aromatic amines is 1. The predicted octanol–water partition coefficient (Wildman–Crippen LogP) is 3.78. The Morgan fingerprint density at radius 1 is 1.02 bits per heavy atom. The van der Waals surface area contributed by atoms with Crippen molar-refractivity contribution in [3.8, 4) is 11.5 Å². The second-order valence-electron chi connectivity index (χ2n) is 13.3. The summed E-state index contributed by atoms with van der Waals surface area (Å²) >= 11 is 0. The maximum Gasteiger partial charge on any atom is 0.290 e. The van der Waals surface area contributed by atoms with Gasteiger partial charge < -0.3 is 35.1 Å². The zero-order valence-corrected chi connectivity index (χ0v) is 31.1. The van der Waals surface area contributed by atoms with Crippen molar-refractivity contribution < 1.29 is 38.6 Å². The summed E-state index contributed by atoms with van der Waals surface area (Å²) in [5.41, 5.74) is 2.76. The molecule has 0 unspecified atom stereocenters. The lowest BCUT2D eigenvalue weighted by molar-refractivity contribution is -0.131. The van der Waals surface area contributed by atoms with Gasteiger partial charge in [0.25, 0.3) is 6.47 Å². The van der Waals surface area contributed by atoms with Gasteiger partial charge in [0.1, 0.15) is 17.7 Å². The first-order valence-electron chi connectivity index (χ1n) is 17.6. The van der Waals surface area contributed by atoms with Crippen molar-refractivity contribution in [1.29, 1.82) is 0 Å². The lowest BCUT2D eigenvalue weighted by atomic mass is 9.99. The van der Waals surface area contributed by atoms with Crippen molar-refractivity contribution in [2.75, 3.05) is 27.3 Å². The van der Waals surface area contributed by atoms with Crippen LogP contribution in [0.4, 0.5) is 0 Å². The number of H-pyrrole nitrogens is 1. The molecule has 284 valence electrons. The number of carbonyl (C=O) groups is 5. The highest BCUT2D eigenvalue weighted by Crippen LogP contribution is 2.31. The molecule has 5 rings (SSSR count). The Bertz CT molecular complexity index is 1920. The van der Waals surface area contributed by atoms with Crippen LogP contribution in [0.1, 0.15) is 79.2 Å². The number of Topliss-reactive ketones (excluding diaryl/α,β-unsaturated/α-hetero) is 1. The van der Waals surface area contributed by atoms with Crippen molar-refractivity contribution in [3.05, 3.63) is 70.9 Å². The van der Waals surface area contributed by atoms with Gasteiger partial charge in [0.15, 0.2) is 17.3 Å². The second kappa shape index (κ2) is 18.7. The molecule has 0 saturated heterocycles. The van der Waals surface area contributed by atoms with Crippen LogP contribution in [0.2, 0.25) is 0 Å². The van der Waals surface area contributed by atoms with E-state index in [0.29, 0.717) is 53.7 Å². The summed E-state index contributed by atoms with van der Waals surface area (Å²) in [6.07, 6.45) is 3.18. The summed E-state index contributed by atoms with van der Waals surface area (Å²) in [5.74, 6) is 1.17. The number of rotatable bonds is 9. The number of carboxylic acid groups (broad SMARTS) is 1. The van der Waals surface area contributed by atoms with Crippen LogP contribution >= 0.6 is 0 Å². The summed E-state index contributed by atoms with van der Waals surface area (Å²) < 4.78 is 12.6. The summed E-state index contributed by atoms with van der Waals surface area (Å²) in [7, 11) is 2.99. The van der Waals surface area contributed by atoms with Crippen molar-refractivity contribution >= 4 is 40.9 Å². The Hall–Kier alpha value is -5.73. The SMILES string of the molecule is COc1cc(CC(=O)N2CCCC(=O)N[C@H](Cc3c[nH]c4ccccc34)C(=O)N[C@@H](CC(C)C)c3nc(C)nn3CC2)c(C(C)=O)cc1OC.O=CO. The molecule has 3 heterocycles. The normalized spacial score (nSPS) is 16.8. The number of methoxy groups -OCH3 is 2. The first-order chi connectivity index (χ1) is 25.4. The van der Waals surface area contributed by atoms with Gasteiger partial charge in [-0.1, -0.05) is 32.0 Å². The van der Waals surface area contributed by atoms with Crippen LogP contribution in [0.15, 0.2) is 42.6 Å². The van der Waals surface area contributed by atoms with Crippen molar-refractivity contribution in [3.63, 3.8) is 0 Å². The molecule has 1 aliphatic heterocycles. The maximum atomic E-state index is 14.0. The van der Waals surface area contributed by atoms with Crippen LogP contribution in [-0.2, 0) is 38.6 Å². The second-order valence-corrected chi connectivity index (χ2v) is 13.3.